The van der Waals surface area contributed by atoms with Gasteiger partial charge in [0.1, 0.15) is 0 Å². The van der Waals surface area contributed by atoms with Gasteiger partial charge in [0.15, 0.2) is 5.03 Å². The number of nitrogens with zero attached hydrogens (tertiary/aromatic N) is 2. The Balaban J connectivity index is 3.13. The first-order valence-corrected chi connectivity index (χ1v) is 6.55. The standard InChI is InChI=1S/C10H17N3O2S/c1-4-7-11-9-6-5-8-12-10(9)16(14,15)13(2)3/h5-6,8,11H,4,7H2,1-3H3. The Bertz CT molecular complexity index is 443. The fourth-order valence-corrected chi connectivity index (χ4v) is 2.12. The minimum Gasteiger partial charge on any atom is -0.383 e. The predicted octanol–water partition coefficient (Wildman–Crippen LogP) is 1.15. The van der Waals surface area contributed by atoms with E-state index in [-0.39, 0.29) is 5.03 Å². The van der Waals surface area contributed by atoms with Crippen molar-refractivity contribution in [2.24, 2.45) is 0 Å². The fourth-order valence-electron chi connectivity index (χ4n) is 1.16. The molecule has 5 nitrogen and oxygen atoms in total. The number of hydrogen-bond acceptors (Lipinski definition) is 4. The SMILES string of the molecule is CCCNc1cccnc1S(=O)(=O)N(C)C. The summed E-state index contributed by atoms with van der Waals surface area (Å²) in [7, 11) is -0.491. The summed E-state index contributed by atoms with van der Waals surface area (Å²) < 4.78 is 25.0. The molecule has 0 aliphatic heterocycles. The van der Waals surface area contributed by atoms with Crippen LogP contribution in [0.3, 0.4) is 0 Å². The van der Waals surface area contributed by atoms with Crippen LogP contribution in [0.25, 0.3) is 0 Å². The molecule has 90 valence electrons. The van der Waals surface area contributed by atoms with Crippen molar-refractivity contribution in [3.8, 4) is 0 Å². The summed E-state index contributed by atoms with van der Waals surface area (Å²) in [6.45, 7) is 2.74. The fraction of sp³-hybridized carbons (Fsp3) is 0.500. The lowest BCUT2D eigenvalue weighted by Crippen LogP contribution is -2.24. The van der Waals surface area contributed by atoms with Crippen molar-refractivity contribution in [1.82, 2.24) is 9.29 Å². The van der Waals surface area contributed by atoms with Crippen LogP contribution in [0.5, 0.6) is 0 Å². The van der Waals surface area contributed by atoms with Crippen LogP contribution in [-0.4, -0.2) is 38.3 Å². The lowest BCUT2D eigenvalue weighted by molar-refractivity contribution is 0.517. The van der Waals surface area contributed by atoms with Gasteiger partial charge in [0.05, 0.1) is 5.69 Å². The van der Waals surface area contributed by atoms with Crippen molar-refractivity contribution in [3.05, 3.63) is 18.3 Å². The molecule has 1 aromatic heterocycles. The Labute approximate surface area is 96.5 Å². The molecule has 0 fully saturated rings. The Morgan fingerprint density at radius 2 is 2.12 bits per heavy atom. The second-order valence-corrected chi connectivity index (χ2v) is 5.64. The van der Waals surface area contributed by atoms with E-state index in [1.165, 1.54) is 20.3 Å². The van der Waals surface area contributed by atoms with Gasteiger partial charge in [-0.2, -0.15) is 0 Å². The lowest BCUT2D eigenvalue weighted by Gasteiger charge is -2.14. The molecule has 16 heavy (non-hydrogen) atoms. The number of nitrogens with one attached hydrogen (secondary N) is 1. The topological polar surface area (TPSA) is 62.3 Å². The number of hydrogen-bond donors (Lipinski definition) is 1. The van der Waals surface area contributed by atoms with Crippen molar-refractivity contribution >= 4 is 15.7 Å². The molecule has 0 saturated carbocycles. The van der Waals surface area contributed by atoms with Crippen LogP contribution in [-0.2, 0) is 10.0 Å². The largest absolute Gasteiger partial charge is 0.383 e. The van der Waals surface area contributed by atoms with E-state index < -0.39 is 10.0 Å². The molecule has 0 saturated heterocycles. The van der Waals surface area contributed by atoms with E-state index in [1.54, 1.807) is 12.1 Å². The molecule has 0 atom stereocenters. The Kier molecular flexibility index (Phi) is 4.26. The van der Waals surface area contributed by atoms with Gasteiger partial charge in [-0.15, -0.1) is 0 Å². The van der Waals surface area contributed by atoms with E-state index >= 15 is 0 Å². The van der Waals surface area contributed by atoms with Crippen molar-refractivity contribution in [2.75, 3.05) is 26.0 Å². The van der Waals surface area contributed by atoms with Gasteiger partial charge in [-0.1, -0.05) is 6.92 Å². The predicted molar refractivity (Wildman–Crippen MR) is 63.9 cm³/mol. The van der Waals surface area contributed by atoms with E-state index in [4.69, 9.17) is 0 Å². The highest BCUT2D eigenvalue weighted by atomic mass is 32.2. The molecular weight excluding hydrogens is 226 g/mol. The number of rotatable bonds is 5. The number of aromatic nitrogens is 1. The number of anilines is 1. The lowest BCUT2D eigenvalue weighted by atomic mass is 10.4. The summed E-state index contributed by atoms with van der Waals surface area (Å²) in [5, 5.41) is 3.13. The zero-order valence-electron chi connectivity index (χ0n) is 9.77. The van der Waals surface area contributed by atoms with E-state index in [2.05, 4.69) is 10.3 Å². The molecule has 0 aliphatic rings. The second kappa shape index (κ2) is 5.27. The smallest absolute Gasteiger partial charge is 0.262 e. The molecule has 0 amide bonds. The molecule has 1 heterocycles. The monoisotopic (exact) mass is 243 g/mol. The van der Waals surface area contributed by atoms with Crippen LogP contribution in [0.15, 0.2) is 23.4 Å². The van der Waals surface area contributed by atoms with Crippen LogP contribution in [0.2, 0.25) is 0 Å². The third kappa shape index (κ3) is 2.70. The summed E-state index contributed by atoms with van der Waals surface area (Å²) in [5.41, 5.74) is 0.554. The van der Waals surface area contributed by atoms with Crippen LogP contribution < -0.4 is 5.32 Å². The quantitative estimate of drug-likeness (QED) is 0.842. The van der Waals surface area contributed by atoms with Gasteiger partial charge in [-0.05, 0) is 18.6 Å². The summed E-state index contributed by atoms with van der Waals surface area (Å²) in [6.07, 6.45) is 2.41. The van der Waals surface area contributed by atoms with E-state index in [0.717, 1.165) is 17.3 Å². The van der Waals surface area contributed by atoms with Crippen molar-refractivity contribution in [3.63, 3.8) is 0 Å². The van der Waals surface area contributed by atoms with Gasteiger partial charge >= 0.3 is 0 Å². The highest BCUT2D eigenvalue weighted by molar-refractivity contribution is 7.89. The third-order valence-electron chi connectivity index (χ3n) is 2.06. The molecule has 0 aliphatic carbocycles. The van der Waals surface area contributed by atoms with Crippen LogP contribution in [0.1, 0.15) is 13.3 Å². The van der Waals surface area contributed by atoms with E-state index in [1.807, 2.05) is 6.92 Å². The summed E-state index contributed by atoms with van der Waals surface area (Å²) >= 11 is 0. The summed E-state index contributed by atoms with van der Waals surface area (Å²) in [5.74, 6) is 0. The third-order valence-corrected chi connectivity index (χ3v) is 3.84. The maximum absolute atomic E-state index is 11.9. The van der Waals surface area contributed by atoms with E-state index in [9.17, 15) is 8.42 Å². The zero-order valence-corrected chi connectivity index (χ0v) is 10.6. The summed E-state index contributed by atoms with van der Waals surface area (Å²) in [4.78, 5) is 3.93. The van der Waals surface area contributed by atoms with Crippen LogP contribution >= 0.6 is 0 Å². The summed E-state index contributed by atoms with van der Waals surface area (Å²) in [6, 6.07) is 3.44. The van der Waals surface area contributed by atoms with Gasteiger partial charge < -0.3 is 5.32 Å². The molecule has 0 spiro atoms. The Hall–Kier alpha value is -1.14. The van der Waals surface area contributed by atoms with Crippen LogP contribution in [0, 0.1) is 0 Å². The van der Waals surface area contributed by atoms with Gasteiger partial charge in [0, 0.05) is 26.8 Å². The van der Waals surface area contributed by atoms with E-state index in [0.29, 0.717) is 5.69 Å². The second-order valence-electron chi connectivity index (χ2n) is 3.57. The number of pyridine rings is 1. The first-order valence-electron chi connectivity index (χ1n) is 5.11. The van der Waals surface area contributed by atoms with Crippen molar-refractivity contribution < 1.29 is 8.42 Å². The first kappa shape index (κ1) is 12.9. The van der Waals surface area contributed by atoms with Gasteiger partial charge in [0.25, 0.3) is 10.0 Å². The highest BCUT2D eigenvalue weighted by Crippen LogP contribution is 2.20. The number of sulfonamides is 1. The molecule has 0 unspecified atom stereocenters. The van der Waals surface area contributed by atoms with Gasteiger partial charge in [0.2, 0.25) is 0 Å². The molecule has 6 heteroatoms. The van der Waals surface area contributed by atoms with Crippen LogP contribution in [0.4, 0.5) is 5.69 Å². The molecule has 1 aromatic rings. The molecule has 1 N–H and O–H groups in total. The minimum absolute atomic E-state index is 0.0773. The highest BCUT2D eigenvalue weighted by Gasteiger charge is 2.22. The average Bonchev–Trinajstić information content (AvgIpc) is 2.26. The minimum atomic E-state index is -3.48. The Morgan fingerprint density at radius 3 is 2.69 bits per heavy atom. The maximum Gasteiger partial charge on any atom is 0.262 e. The van der Waals surface area contributed by atoms with Crippen molar-refractivity contribution in [1.29, 1.82) is 0 Å². The first-order chi connectivity index (χ1) is 7.50. The molecule has 0 aromatic carbocycles. The Morgan fingerprint density at radius 1 is 1.44 bits per heavy atom. The van der Waals surface area contributed by atoms with Gasteiger partial charge in [-0.3, -0.25) is 0 Å². The zero-order chi connectivity index (χ0) is 12.2. The molecule has 0 radical (unpaired) electrons. The molecular formula is C10H17N3O2S. The maximum atomic E-state index is 11.9. The molecule has 1 rings (SSSR count). The average molecular weight is 243 g/mol. The van der Waals surface area contributed by atoms with Crippen molar-refractivity contribution in [2.45, 2.75) is 18.4 Å². The van der Waals surface area contributed by atoms with Gasteiger partial charge in [-0.25, -0.2) is 17.7 Å². The molecule has 0 bridgehead atoms. The normalized spacial score (nSPS) is 11.8.